The van der Waals surface area contributed by atoms with Crippen molar-refractivity contribution in [2.24, 2.45) is 0 Å². The maximum atomic E-state index is 8.83. The number of hydrogen-bond donors (Lipinski definition) is 2. The Balaban J connectivity index is 1.60. The van der Waals surface area contributed by atoms with Crippen LogP contribution in [0, 0.1) is 0 Å². The van der Waals surface area contributed by atoms with E-state index < -0.39 is 0 Å². The molecule has 0 saturated carbocycles. The van der Waals surface area contributed by atoms with Gasteiger partial charge in [-0.3, -0.25) is 0 Å². The number of nitrogens with zero attached hydrogens (tertiary/aromatic N) is 2. The van der Waals surface area contributed by atoms with Gasteiger partial charge in [0.25, 0.3) is 0 Å². The summed E-state index contributed by atoms with van der Waals surface area (Å²) in [5.74, 6) is 1.82. The molecule has 0 aliphatic carbocycles. The van der Waals surface area contributed by atoms with Crippen LogP contribution in [0.1, 0.15) is 11.3 Å². The lowest BCUT2D eigenvalue weighted by molar-refractivity contribution is 0.201. The van der Waals surface area contributed by atoms with Gasteiger partial charge in [0.15, 0.2) is 0 Å². The Hall–Kier alpha value is -2.89. The number of nitrogens with one attached hydrogen (secondary N) is 1. The maximum Gasteiger partial charge on any atom is 0.137 e. The minimum Gasteiger partial charge on any atom is -0.491 e. The van der Waals surface area contributed by atoms with Gasteiger partial charge < -0.3 is 20.1 Å². The first kappa shape index (κ1) is 18.5. The Morgan fingerprint density at radius 3 is 2.61 bits per heavy atom. The molecule has 2 N–H and O–H groups in total. The molecule has 28 heavy (non-hydrogen) atoms. The Bertz CT molecular complexity index is 948. The zero-order valence-corrected chi connectivity index (χ0v) is 15.8. The summed E-state index contributed by atoms with van der Waals surface area (Å²) in [5, 5.41) is 14.6. The predicted molar refractivity (Wildman–Crippen MR) is 115 cm³/mol. The summed E-state index contributed by atoms with van der Waals surface area (Å²) >= 11 is 0. The van der Waals surface area contributed by atoms with E-state index in [1.165, 1.54) is 10.8 Å². The highest BCUT2D eigenvalue weighted by molar-refractivity contribution is 5.94. The quantitative estimate of drug-likeness (QED) is 0.693. The van der Waals surface area contributed by atoms with E-state index in [0.29, 0.717) is 6.61 Å². The highest BCUT2D eigenvalue weighted by Gasteiger charge is 2.15. The maximum absolute atomic E-state index is 8.83. The van der Waals surface area contributed by atoms with Gasteiger partial charge in [-0.25, -0.2) is 4.98 Å². The van der Waals surface area contributed by atoms with Crippen molar-refractivity contribution in [2.75, 3.05) is 44.3 Å². The number of aliphatic hydroxyl groups is 1. The van der Waals surface area contributed by atoms with E-state index in [1.54, 1.807) is 0 Å². The van der Waals surface area contributed by atoms with Crippen molar-refractivity contribution in [3.05, 3.63) is 65.9 Å². The van der Waals surface area contributed by atoms with Crippen molar-refractivity contribution in [3.63, 3.8) is 0 Å². The van der Waals surface area contributed by atoms with Gasteiger partial charge in [-0.2, -0.15) is 0 Å². The number of anilines is 1. The summed E-state index contributed by atoms with van der Waals surface area (Å²) in [5.41, 5.74) is 2.03. The smallest absolute Gasteiger partial charge is 0.137 e. The van der Waals surface area contributed by atoms with Crippen molar-refractivity contribution in [3.8, 4) is 5.75 Å². The molecule has 1 fully saturated rings. The molecule has 5 nitrogen and oxygen atoms in total. The van der Waals surface area contributed by atoms with Gasteiger partial charge in [0.05, 0.1) is 12.3 Å². The SMILES string of the molecule is OCCOc1ccc(/C=C/c2cc3ccccc3c(N3CCNCC3)n2)cc1. The first-order valence-electron chi connectivity index (χ1n) is 9.71. The zero-order valence-electron chi connectivity index (χ0n) is 15.8. The van der Waals surface area contributed by atoms with E-state index in [-0.39, 0.29) is 6.61 Å². The summed E-state index contributed by atoms with van der Waals surface area (Å²) in [6, 6.07) is 18.4. The molecule has 144 valence electrons. The number of aromatic nitrogens is 1. The van der Waals surface area contributed by atoms with Crippen LogP contribution < -0.4 is 15.0 Å². The number of benzene rings is 2. The van der Waals surface area contributed by atoms with E-state index in [2.05, 4.69) is 52.7 Å². The molecule has 1 saturated heterocycles. The van der Waals surface area contributed by atoms with Crippen LogP contribution >= 0.6 is 0 Å². The average Bonchev–Trinajstić information content (AvgIpc) is 2.77. The topological polar surface area (TPSA) is 57.6 Å². The number of rotatable bonds is 6. The molecule has 2 aromatic carbocycles. The van der Waals surface area contributed by atoms with Crippen LogP contribution in [0.3, 0.4) is 0 Å². The third kappa shape index (κ3) is 4.32. The van der Waals surface area contributed by atoms with Gasteiger partial charge in [-0.05, 0) is 35.2 Å². The minimum absolute atomic E-state index is 0.0186. The van der Waals surface area contributed by atoms with Gasteiger partial charge in [-0.15, -0.1) is 0 Å². The van der Waals surface area contributed by atoms with E-state index in [9.17, 15) is 0 Å². The normalized spacial score (nSPS) is 14.7. The van der Waals surface area contributed by atoms with Crippen LogP contribution in [0.25, 0.3) is 22.9 Å². The van der Waals surface area contributed by atoms with Crippen molar-refractivity contribution >= 4 is 28.7 Å². The molecule has 0 amide bonds. The van der Waals surface area contributed by atoms with Gasteiger partial charge in [0, 0.05) is 31.6 Å². The number of aliphatic hydroxyl groups excluding tert-OH is 1. The molecule has 0 atom stereocenters. The summed E-state index contributed by atoms with van der Waals surface area (Å²) in [4.78, 5) is 7.32. The second kappa shape index (κ2) is 8.87. The molecule has 1 aliphatic heterocycles. The second-order valence-electron chi connectivity index (χ2n) is 6.80. The zero-order chi connectivity index (χ0) is 19.2. The van der Waals surface area contributed by atoms with Crippen molar-refractivity contribution in [2.45, 2.75) is 0 Å². The Kier molecular flexibility index (Phi) is 5.85. The molecule has 2 heterocycles. The fraction of sp³-hybridized carbons (Fsp3) is 0.261. The van der Waals surface area contributed by atoms with Crippen molar-refractivity contribution in [1.82, 2.24) is 10.3 Å². The monoisotopic (exact) mass is 375 g/mol. The number of hydrogen-bond acceptors (Lipinski definition) is 5. The fourth-order valence-electron chi connectivity index (χ4n) is 3.42. The van der Waals surface area contributed by atoms with Gasteiger partial charge in [0.2, 0.25) is 0 Å². The van der Waals surface area contributed by atoms with Gasteiger partial charge in [-0.1, -0.05) is 42.5 Å². The molecular formula is C23H25N3O2. The van der Waals surface area contributed by atoms with Crippen LogP contribution in [-0.2, 0) is 0 Å². The van der Waals surface area contributed by atoms with E-state index in [0.717, 1.165) is 49.0 Å². The first-order chi connectivity index (χ1) is 13.8. The second-order valence-corrected chi connectivity index (χ2v) is 6.80. The number of pyridine rings is 1. The van der Waals surface area contributed by atoms with E-state index >= 15 is 0 Å². The highest BCUT2D eigenvalue weighted by atomic mass is 16.5. The largest absolute Gasteiger partial charge is 0.491 e. The number of ether oxygens (including phenoxy) is 1. The van der Waals surface area contributed by atoms with Gasteiger partial charge >= 0.3 is 0 Å². The lowest BCUT2D eigenvalue weighted by Crippen LogP contribution is -2.44. The summed E-state index contributed by atoms with van der Waals surface area (Å²) in [7, 11) is 0. The molecular weight excluding hydrogens is 350 g/mol. The fourth-order valence-corrected chi connectivity index (χ4v) is 3.42. The molecule has 1 aromatic heterocycles. The Morgan fingerprint density at radius 1 is 1.04 bits per heavy atom. The number of piperazine rings is 1. The molecule has 4 rings (SSSR count). The Labute approximate surface area is 165 Å². The van der Waals surface area contributed by atoms with Crippen LogP contribution in [0.2, 0.25) is 0 Å². The van der Waals surface area contributed by atoms with E-state index in [4.69, 9.17) is 14.8 Å². The number of fused-ring (bicyclic) bond motifs is 1. The van der Waals surface area contributed by atoms with Crippen molar-refractivity contribution in [1.29, 1.82) is 0 Å². The van der Waals surface area contributed by atoms with Crippen molar-refractivity contribution < 1.29 is 9.84 Å². The van der Waals surface area contributed by atoms with Gasteiger partial charge in [0.1, 0.15) is 18.2 Å². The third-order valence-electron chi connectivity index (χ3n) is 4.84. The van der Waals surface area contributed by atoms with Crippen LogP contribution in [0.4, 0.5) is 5.82 Å². The molecule has 0 bridgehead atoms. The molecule has 0 spiro atoms. The molecule has 0 unspecified atom stereocenters. The standard InChI is InChI=1S/C23H25N3O2/c27-15-16-28-21-9-6-18(7-10-21)5-8-20-17-19-3-1-2-4-22(19)23(25-20)26-13-11-24-12-14-26/h1-10,17,24,27H,11-16H2/b8-5+. The van der Waals surface area contributed by atoms with Crippen LogP contribution in [0.5, 0.6) is 5.75 Å². The lowest BCUT2D eigenvalue weighted by atomic mass is 10.1. The lowest BCUT2D eigenvalue weighted by Gasteiger charge is -2.29. The minimum atomic E-state index is 0.0186. The highest BCUT2D eigenvalue weighted by Crippen LogP contribution is 2.27. The molecule has 3 aromatic rings. The van der Waals surface area contributed by atoms with Crippen LogP contribution in [0.15, 0.2) is 54.6 Å². The third-order valence-corrected chi connectivity index (χ3v) is 4.84. The predicted octanol–water partition coefficient (Wildman–Crippen LogP) is 3.19. The molecule has 5 heteroatoms. The summed E-state index contributed by atoms with van der Waals surface area (Å²) in [6.45, 7) is 4.25. The summed E-state index contributed by atoms with van der Waals surface area (Å²) in [6.07, 6.45) is 4.12. The Morgan fingerprint density at radius 2 is 1.82 bits per heavy atom. The van der Waals surface area contributed by atoms with E-state index in [1.807, 2.05) is 24.3 Å². The molecule has 0 radical (unpaired) electrons. The van der Waals surface area contributed by atoms with Crippen LogP contribution in [-0.4, -0.2) is 49.5 Å². The molecule has 1 aliphatic rings. The average molecular weight is 375 g/mol. The first-order valence-corrected chi connectivity index (χ1v) is 9.71. The summed E-state index contributed by atoms with van der Waals surface area (Å²) < 4.78 is 5.41.